The zero-order valence-electron chi connectivity index (χ0n) is 16.5. The molecule has 3 aliphatic rings. The van der Waals surface area contributed by atoms with Crippen LogP contribution in [0.5, 0.6) is 11.5 Å². The van der Waals surface area contributed by atoms with Crippen LogP contribution in [0.4, 0.5) is 0 Å². The normalized spacial score (nSPS) is 23.3. The van der Waals surface area contributed by atoms with Gasteiger partial charge in [0.05, 0.1) is 11.8 Å². The highest BCUT2D eigenvalue weighted by Crippen LogP contribution is 2.50. The van der Waals surface area contributed by atoms with Crippen LogP contribution in [0.3, 0.4) is 0 Å². The van der Waals surface area contributed by atoms with Crippen molar-refractivity contribution in [2.75, 3.05) is 13.1 Å². The summed E-state index contributed by atoms with van der Waals surface area (Å²) in [6.07, 6.45) is 2.76. The summed E-state index contributed by atoms with van der Waals surface area (Å²) < 4.78 is 6.66. The molecular formula is C23H27N3O2. The first-order valence-corrected chi connectivity index (χ1v) is 10.2. The summed E-state index contributed by atoms with van der Waals surface area (Å²) >= 11 is 0. The van der Waals surface area contributed by atoms with Crippen LogP contribution >= 0.6 is 0 Å². The Morgan fingerprint density at radius 1 is 1.07 bits per heavy atom. The molecule has 5 heteroatoms. The number of hydrogen-bond acceptors (Lipinski definition) is 5. The number of ether oxygens (including phenoxy) is 1. The van der Waals surface area contributed by atoms with Gasteiger partial charge in [-0.05, 0) is 49.7 Å². The van der Waals surface area contributed by atoms with Crippen LogP contribution in [0.2, 0.25) is 0 Å². The number of benzene rings is 2. The first kappa shape index (κ1) is 17.6. The number of rotatable bonds is 2. The number of piperidine rings is 1. The van der Waals surface area contributed by atoms with Crippen LogP contribution in [0.1, 0.15) is 50.3 Å². The van der Waals surface area contributed by atoms with Gasteiger partial charge in [-0.25, -0.2) is 5.01 Å². The van der Waals surface area contributed by atoms with E-state index >= 15 is 0 Å². The van der Waals surface area contributed by atoms with Crippen LogP contribution in [-0.4, -0.2) is 45.6 Å². The topological polar surface area (TPSA) is 48.3 Å². The maximum Gasteiger partial charge on any atom is 0.200 e. The summed E-state index contributed by atoms with van der Waals surface area (Å²) in [5.41, 5.74) is 2.98. The molecule has 2 aromatic rings. The largest absolute Gasteiger partial charge is 0.508 e. The van der Waals surface area contributed by atoms with E-state index in [0.29, 0.717) is 6.04 Å². The minimum absolute atomic E-state index is 0.208. The fourth-order valence-electron chi connectivity index (χ4n) is 4.78. The van der Waals surface area contributed by atoms with E-state index in [0.717, 1.165) is 49.4 Å². The second-order valence-electron chi connectivity index (χ2n) is 8.37. The van der Waals surface area contributed by atoms with E-state index < -0.39 is 0 Å². The van der Waals surface area contributed by atoms with Gasteiger partial charge in [-0.1, -0.05) is 18.2 Å². The van der Waals surface area contributed by atoms with E-state index in [1.54, 1.807) is 12.1 Å². The third kappa shape index (κ3) is 2.76. The third-order valence-electron chi connectivity index (χ3n) is 6.42. The molecule has 146 valence electrons. The van der Waals surface area contributed by atoms with Gasteiger partial charge in [0.1, 0.15) is 11.5 Å². The lowest BCUT2D eigenvalue weighted by Crippen LogP contribution is -2.59. The number of aromatic hydroxyl groups is 1. The van der Waals surface area contributed by atoms with Crippen molar-refractivity contribution >= 4 is 5.71 Å². The van der Waals surface area contributed by atoms with Crippen LogP contribution in [0.15, 0.2) is 53.6 Å². The van der Waals surface area contributed by atoms with Gasteiger partial charge in [0.25, 0.3) is 0 Å². The molecule has 1 saturated heterocycles. The van der Waals surface area contributed by atoms with Crippen molar-refractivity contribution in [1.82, 2.24) is 9.91 Å². The number of likely N-dealkylation sites (tertiary alicyclic amines) is 1. The molecule has 3 heterocycles. The molecule has 1 unspecified atom stereocenters. The average Bonchev–Trinajstić information content (AvgIpc) is 3.16. The van der Waals surface area contributed by atoms with E-state index in [9.17, 15) is 5.11 Å². The predicted molar refractivity (Wildman–Crippen MR) is 110 cm³/mol. The molecule has 1 spiro atoms. The maximum atomic E-state index is 9.63. The summed E-state index contributed by atoms with van der Waals surface area (Å²) in [5, 5.41) is 17.0. The molecule has 1 N–H and O–H groups in total. The zero-order chi connectivity index (χ0) is 19.3. The van der Waals surface area contributed by atoms with Crippen molar-refractivity contribution in [3.63, 3.8) is 0 Å². The first-order valence-electron chi connectivity index (χ1n) is 10.2. The highest BCUT2D eigenvalue weighted by Gasteiger charge is 2.51. The molecule has 0 saturated carbocycles. The molecule has 0 radical (unpaired) electrons. The van der Waals surface area contributed by atoms with Crippen molar-refractivity contribution < 1.29 is 9.84 Å². The van der Waals surface area contributed by atoms with Crippen molar-refractivity contribution in [3.8, 4) is 11.5 Å². The highest BCUT2D eigenvalue weighted by atomic mass is 16.5. The number of phenols is 1. The predicted octanol–water partition coefficient (Wildman–Crippen LogP) is 4.14. The monoisotopic (exact) mass is 377 g/mol. The van der Waals surface area contributed by atoms with Crippen molar-refractivity contribution in [2.45, 2.75) is 50.9 Å². The van der Waals surface area contributed by atoms with Crippen LogP contribution in [-0.2, 0) is 0 Å². The second kappa shape index (κ2) is 6.52. The smallest absolute Gasteiger partial charge is 0.200 e. The maximum absolute atomic E-state index is 9.63. The number of fused-ring (bicyclic) bond motifs is 4. The molecular weight excluding hydrogens is 350 g/mol. The molecule has 0 aliphatic carbocycles. The number of hydrazone groups is 1. The van der Waals surface area contributed by atoms with Crippen molar-refractivity contribution in [1.29, 1.82) is 0 Å². The lowest BCUT2D eigenvalue weighted by Gasteiger charge is -2.51. The number of hydrogen-bond donors (Lipinski definition) is 1. The summed E-state index contributed by atoms with van der Waals surface area (Å²) in [4.78, 5) is 2.52. The quantitative estimate of drug-likeness (QED) is 0.855. The lowest BCUT2D eigenvalue weighted by atomic mass is 9.90. The van der Waals surface area contributed by atoms with Gasteiger partial charge < -0.3 is 14.7 Å². The molecule has 0 amide bonds. The molecule has 0 bridgehead atoms. The SMILES string of the molecule is CC(C)N1CCC2(CC1)Oc1ccccc1C1CC(c3ccc(O)cc3)=NN12. The van der Waals surface area contributed by atoms with E-state index in [2.05, 4.69) is 48.0 Å². The summed E-state index contributed by atoms with van der Waals surface area (Å²) in [6.45, 7) is 6.56. The first-order chi connectivity index (χ1) is 13.6. The van der Waals surface area contributed by atoms with E-state index in [1.807, 2.05) is 12.1 Å². The van der Waals surface area contributed by atoms with Crippen molar-refractivity contribution in [2.24, 2.45) is 5.10 Å². The Bertz CT molecular complexity index is 898. The molecule has 2 aromatic carbocycles. The minimum Gasteiger partial charge on any atom is -0.508 e. The van der Waals surface area contributed by atoms with Gasteiger partial charge in [0, 0.05) is 44.0 Å². The molecule has 1 atom stereocenters. The average molecular weight is 377 g/mol. The van der Waals surface area contributed by atoms with Gasteiger partial charge >= 0.3 is 0 Å². The summed E-state index contributed by atoms with van der Waals surface area (Å²) in [7, 11) is 0. The van der Waals surface area contributed by atoms with E-state index in [1.165, 1.54) is 5.56 Å². The van der Waals surface area contributed by atoms with Crippen LogP contribution in [0, 0.1) is 0 Å². The highest BCUT2D eigenvalue weighted by molar-refractivity contribution is 6.02. The fourth-order valence-corrected chi connectivity index (χ4v) is 4.78. The fraction of sp³-hybridized carbons (Fsp3) is 0.435. The Labute approximate surface area is 166 Å². The molecule has 1 fully saturated rings. The van der Waals surface area contributed by atoms with Gasteiger partial charge in [-0.2, -0.15) is 5.10 Å². The summed E-state index contributed by atoms with van der Waals surface area (Å²) in [5.74, 6) is 1.29. The summed E-state index contributed by atoms with van der Waals surface area (Å²) in [6, 6.07) is 16.5. The molecule has 5 nitrogen and oxygen atoms in total. The Kier molecular flexibility index (Phi) is 4.09. The molecule has 5 rings (SSSR count). The van der Waals surface area contributed by atoms with Crippen molar-refractivity contribution in [3.05, 3.63) is 59.7 Å². The van der Waals surface area contributed by atoms with E-state index in [-0.39, 0.29) is 17.5 Å². The zero-order valence-corrected chi connectivity index (χ0v) is 16.5. The standard InChI is InChI=1S/C23H27N3O2/c1-16(2)25-13-11-23(12-14-25)26-21(19-5-3-4-6-22(19)28-23)15-20(24-26)17-7-9-18(27)10-8-17/h3-10,16,21,27H,11-15H2,1-2H3. The Balaban J connectivity index is 1.53. The van der Waals surface area contributed by atoms with Crippen LogP contribution < -0.4 is 4.74 Å². The third-order valence-corrected chi connectivity index (χ3v) is 6.42. The molecule has 0 aromatic heterocycles. The van der Waals surface area contributed by atoms with E-state index in [4.69, 9.17) is 9.84 Å². The second-order valence-corrected chi connectivity index (χ2v) is 8.37. The minimum atomic E-state index is -0.372. The number of para-hydroxylation sites is 1. The van der Waals surface area contributed by atoms with Gasteiger partial charge in [0.15, 0.2) is 0 Å². The Morgan fingerprint density at radius 2 is 1.79 bits per heavy atom. The van der Waals surface area contributed by atoms with Gasteiger partial charge in [0.2, 0.25) is 5.72 Å². The number of nitrogens with zero attached hydrogens (tertiary/aromatic N) is 3. The molecule has 28 heavy (non-hydrogen) atoms. The van der Waals surface area contributed by atoms with Crippen LogP contribution in [0.25, 0.3) is 0 Å². The molecule has 3 aliphatic heterocycles. The number of phenolic OH excluding ortho intramolecular Hbond substituents is 1. The Morgan fingerprint density at radius 3 is 2.50 bits per heavy atom. The van der Waals surface area contributed by atoms with Gasteiger partial charge in [-0.3, -0.25) is 0 Å². The lowest BCUT2D eigenvalue weighted by molar-refractivity contribution is -0.152. The van der Waals surface area contributed by atoms with Gasteiger partial charge in [-0.15, -0.1) is 0 Å². The Hall–Kier alpha value is -2.53.